The van der Waals surface area contributed by atoms with Crippen molar-refractivity contribution in [1.82, 2.24) is 0 Å². The van der Waals surface area contributed by atoms with Crippen molar-refractivity contribution in [2.24, 2.45) is 0 Å². The Labute approximate surface area is 142 Å². The highest BCUT2D eigenvalue weighted by Gasteiger charge is 2.34. The molecule has 2 N–H and O–H groups in total. The zero-order valence-electron chi connectivity index (χ0n) is 13.6. The molecular weight excluding hydrogens is 339 g/mol. The molecule has 0 heterocycles. The van der Waals surface area contributed by atoms with Crippen LogP contribution in [0.2, 0.25) is 0 Å². The van der Waals surface area contributed by atoms with Gasteiger partial charge in [-0.05, 0) is 37.3 Å². The molecule has 0 atom stereocenters. The summed E-state index contributed by atoms with van der Waals surface area (Å²) in [5.41, 5.74) is -0.311. The molecule has 0 aliphatic rings. The molecule has 0 bridgehead atoms. The summed E-state index contributed by atoms with van der Waals surface area (Å²) in [5.74, 6) is -3.24. The van der Waals surface area contributed by atoms with E-state index < -0.39 is 23.2 Å². The molecule has 25 heavy (non-hydrogen) atoms. The first-order chi connectivity index (χ1) is 11.4. The minimum absolute atomic E-state index is 0.129. The van der Waals surface area contributed by atoms with E-state index in [0.717, 1.165) is 17.7 Å². The highest BCUT2D eigenvalue weighted by Crippen LogP contribution is 2.36. The summed E-state index contributed by atoms with van der Waals surface area (Å²) in [4.78, 5) is 0. The summed E-state index contributed by atoms with van der Waals surface area (Å²) in [5, 5.41) is 5.45. The van der Waals surface area contributed by atoms with Gasteiger partial charge in [-0.25, -0.2) is 8.78 Å². The molecule has 0 saturated heterocycles. The largest absolute Gasteiger partial charge is 0.416 e. The average molecular weight is 356 g/mol. The fraction of sp³-hybridized carbons (Fsp3) is 0.222. The maximum absolute atomic E-state index is 13.5. The molecule has 2 aromatic carbocycles. The number of halogens is 5. The lowest BCUT2D eigenvalue weighted by Gasteiger charge is -2.18. The average Bonchev–Trinajstić information content (AvgIpc) is 2.47. The molecule has 0 saturated carbocycles. The molecular formula is C18H17F5N2. The second-order valence-corrected chi connectivity index (χ2v) is 5.78. The maximum atomic E-state index is 13.5. The van der Waals surface area contributed by atoms with Crippen LogP contribution in [0.1, 0.15) is 23.6 Å². The van der Waals surface area contributed by atoms with E-state index >= 15 is 0 Å². The third-order valence-corrected chi connectivity index (χ3v) is 3.41. The van der Waals surface area contributed by atoms with Gasteiger partial charge < -0.3 is 10.6 Å². The lowest BCUT2D eigenvalue weighted by atomic mass is 10.0. The van der Waals surface area contributed by atoms with Crippen LogP contribution in [0, 0.1) is 6.92 Å². The van der Waals surface area contributed by atoms with Crippen LogP contribution in [0.15, 0.2) is 54.9 Å². The van der Waals surface area contributed by atoms with E-state index in [1.54, 1.807) is 12.1 Å². The van der Waals surface area contributed by atoms with E-state index in [1.807, 2.05) is 19.1 Å². The summed E-state index contributed by atoms with van der Waals surface area (Å²) in [6.07, 6.45) is -4.73. The van der Waals surface area contributed by atoms with Crippen LogP contribution in [0.4, 0.5) is 33.3 Å². The Hall–Kier alpha value is -2.57. The van der Waals surface area contributed by atoms with Gasteiger partial charge in [0.1, 0.15) is 5.82 Å². The van der Waals surface area contributed by atoms with Crippen LogP contribution >= 0.6 is 0 Å². The smallest absolute Gasteiger partial charge is 0.342 e. The lowest BCUT2D eigenvalue weighted by Crippen LogP contribution is -2.14. The molecule has 134 valence electrons. The van der Waals surface area contributed by atoms with Gasteiger partial charge in [-0.2, -0.15) is 13.2 Å². The van der Waals surface area contributed by atoms with E-state index in [1.165, 1.54) is 0 Å². The molecule has 0 fully saturated rings. The Morgan fingerprint density at radius 3 is 1.88 bits per heavy atom. The van der Waals surface area contributed by atoms with Crippen molar-refractivity contribution in [1.29, 1.82) is 0 Å². The van der Waals surface area contributed by atoms with Crippen molar-refractivity contribution >= 4 is 11.4 Å². The standard InChI is InChI=1S/C18H17F5N2/c1-11-4-6-15(7-5-11)24-12(2)25-16-9-13(17(3,19)20)8-14(10-16)18(21,22)23/h4-10,24-25H,2H2,1,3H3. The zero-order chi connectivity index (χ0) is 18.8. The van der Waals surface area contributed by atoms with Gasteiger partial charge in [-0.3, -0.25) is 0 Å². The monoisotopic (exact) mass is 356 g/mol. The molecule has 0 unspecified atom stereocenters. The number of hydrogen-bond acceptors (Lipinski definition) is 2. The van der Waals surface area contributed by atoms with Crippen LogP contribution in [-0.2, 0) is 12.1 Å². The summed E-state index contributed by atoms with van der Waals surface area (Å²) < 4.78 is 65.8. The Morgan fingerprint density at radius 1 is 0.840 bits per heavy atom. The number of rotatable bonds is 5. The Morgan fingerprint density at radius 2 is 1.36 bits per heavy atom. The SMILES string of the molecule is C=C(Nc1ccc(C)cc1)Nc1cc(C(C)(F)F)cc(C(F)(F)F)c1. The van der Waals surface area contributed by atoms with Crippen LogP contribution in [-0.4, -0.2) is 0 Å². The second-order valence-electron chi connectivity index (χ2n) is 5.78. The van der Waals surface area contributed by atoms with Crippen molar-refractivity contribution in [2.45, 2.75) is 25.9 Å². The Bertz CT molecular complexity index is 726. The first-order valence-corrected chi connectivity index (χ1v) is 7.35. The zero-order valence-corrected chi connectivity index (χ0v) is 13.6. The number of hydrogen-bond donors (Lipinski definition) is 2. The van der Waals surface area contributed by atoms with Gasteiger partial charge in [0.25, 0.3) is 5.92 Å². The fourth-order valence-corrected chi connectivity index (χ4v) is 2.13. The number of alkyl halides is 5. The molecule has 0 spiro atoms. The quantitative estimate of drug-likeness (QED) is 0.631. The predicted octanol–water partition coefficient (Wildman–Crippen LogP) is 6.12. The highest BCUT2D eigenvalue weighted by molar-refractivity contribution is 5.58. The summed E-state index contributed by atoms with van der Waals surface area (Å²) in [7, 11) is 0. The van der Waals surface area contributed by atoms with E-state index in [-0.39, 0.29) is 11.5 Å². The summed E-state index contributed by atoms with van der Waals surface area (Å²) in [6, 6.07) is 9.39. The van der Waals surface area contributed by atoms with E-state index in [4.69, 9.17) is 0 Å². The first-order valence-electron chi connectivity index (χ1n) is 7.35. The van der Waals surface area contributed by atoms with Gasteiger partial charge in [-0.1, -0.05) is 24.3 Å². The number of aryl methyl sites for hydroxylation is 1. The molecule has 2 rings (SSSR count). The molecule has 0 aliphatic carbocycles. The van der Waals surface area contributed by atoms with Gasteiger partial charge in [0.2, 0.25) is 0 Å². The van der Waals surface area contributed by atoms with Crippen molar-refractivity contribution in [3.63, 3.8) is 0 Å². The highest BCUT2D eigenvalue weighted by atomic mass is 19.4. The number of nitrogens with one attached hydrogen (secondary N) is 2. The van der Waals surface area contributed by atoms with E-state index in [0.29, 0.717) is 18.7 Å². The van der Waals surface area contributed by atoms with Crippen molar-refractivity contribution in [2.75, 3.05) is 10.6 Å². The molecule has 2 aromatic rings. The van der Waals surface area contributed by atoms with Crippen molar-refractivity contribution in [3.8, 4) is 0 Å². The van der Waals surface area contributed by atoms with Gasteiger partial charge in [0.05, 0.1) is 5.56 Å². The minimum atomic E-state index is -4.73. The topological polar surface area (TPSA) is 24.1 Å². The first kappa shape index (κ1) is 18.8. The third kappa shape index (κ3) is 5.20. The third-order valence-electron chi connectivity index (χ3n) is 3.41. The van der Waals surface area contributed by atoms with Crippen LogP contribution in [0.25, 0.3) is 0 Å². The second kappa shape index (κ2) is 6.74. The molecule has 7 heteroatoms. The molecule has 2 nitrogen and oxygen atoms in total. The van der Waals surface area contributed by atoms with Crippen LogP contribution in [0.5, 0.6) is 0 Å². The summed E-state index contributed by atoms with van der Waals surface area (Å²) in [6.45, 7) is 6.12. The summed E-state index contributed by atoms with van der Waals surface area (Å²) >= 11 is 0. The molecule has 0 aromatic heterocycles. The fourth-order valence-electron chi connectivity index (χ4n) is 2.13. The molecule has 0 amide bonds. The Kier molecular flexibility index (Phi) is 5.06. The van der Waals surface area contributed by atoms with Crippen molar-refractivity contribution < 1.29 is 22.0 Å². The number of benzene rings is 2. The van der Waals surface area contributed by atoms with E-state index in [2.05, 4.69) is 17.2 Å². The van der Waals surface area contributed by atoms with Crippen LogP contribution in [0.3, 0.4) is 0 Å². The maximum Gasteiger partial charge on any atom is 0.416 e. The molecule has 0 aliphatic heterocycles. The Balaban J connectivity index is 2.25. The van der Waals surface area contributed by atoms with Gasteiger partial charge >= 0.3 is 6.18 Å². The predicted molar refractivity (Wildman–Crippen MR) is 88.6 cm³/mol. The van der Waals surface area contributed by atoms with E-state index in [9.17, 15) is 22.0 Å². The lowest BCUT2D eigenvalue weighted by molar-refractivity contribution is -0.137. The normalized spacial score (nSPS) is 12.0. The molecule has 0 radical (unpaired) electrons. The van der Waals surface area contributed by atoms with Crippen molar-refractivity contribution in [3.05, 3.63) is 71.6 Å². The number of anilines is 2. The van der Waals surface area contributed by atoms with Gasteiger partial charge in [0.15, 0.2) is 0 Å². The van der Waals surface area contributed by atoms with Gasteiger partial charge in [-0.15, -0.1) is 0 Å². The minimum Gasteiger partial charge on any atom is -0.342 e. The van der Waals surface area contributed by atoms with Gasteiger partial charge in [0, 0.05) is 23.9 Å². The van der Waals surface area contributed by atoms with Crippen LogP contribution < -0.4 is 10.6 Å².